The van der Waals surface area contributed by atoms with Gasteiger partial charge < -0.3 is 14.6 Å². The first-order valence-electron chi connectivity index (χ1n) is 13.6. The van der Waals surface area contributed by atoms with Gasteiger partial charge in [0.2, 0.25) is 5.76 Å². The molecule has 200 valence electrons. The molecule has 0 fully saturated rings. The maximum atomic E-state index is 12.3. The van der Waals surface area contributed by atoms with Gasteiger partial charge in [-0.15, -0.1) is 0 Å². The molecule has 0 spiro atoms. The molecule has 0 saturated heterocycles. The topological polar surface area (TPSA) is 87.7 Å². The standard InChI is InChI=1S/C31H40O5S/c1-3-5-7-8-9-10-11-14-23-15-12-13-16-24(23)22-31(35,19-6-4-2)37-25-17-18-26-27(32)21-29(30(33)34)36-28(26)20-25/h12-13,15-18,20-21,35H,3-11,14,19,22H2,1-2H3,(H,33,34)/t31-/m1/s1. The smallest absolute Gasteiger partial charge is 0.371 e. The summed E-state index contributed by atoms with van der Waals surface area (Å²) in [7, 11) is 0. The van der Waals surface area contributed by atoms with E-state index in [1.807, 2.05) is 6.07 Å². The quantitative estimate of drug-likeness (QED) is 0.112. The highest BCUT2D eigenvalue weighted by atomic mass is 32.2. The zero-order valence-corrected chi connectivity index (χ0v) is 22.9. The Hall–Kier alpha value is -2.57. The number of hydrogen-bond acceptors (Lipinski definition) is 5. The van der Waals surface area contributed by atoms with E-state index in [4.69, 9.17) is 4.42 Å². The van der Waals surface area contributed by atoms with Crippen LogP contribution in [0.25, 0.3) is 11.0 Å². The summed E-state index contributed by atoms with van der Waals surface area (Å²) in [6.07, 6.45) is 12.9. The molecule has 1 atom stereocenters. The molecule has 0 radical (unpaired) electrons. The molecule has 2 N–H and O–H groups in total. The number of benzene rings is 2. The van der Waals surface area contributed by atoms with E-state index in [9.17, 15) is 19.8 Å². The van der Waals surface area contributed by atoms with Crippen LogP contribution in [-0.4, -0.2) is 21.1 Å². The van der Waals surface area contributed by atoms with Gasteiger partial charge >= 0.3 is 5.97 Å². The molecule has 37 heavy (non-hydrogen) atoms. The van der Waals surface area contributed by atoms with Crippen LogP contribution in [0.4, 0.5) is 0 Å². The molecular formula is C31H40O5S. The van der Waals surface area contributed by atoms with Crippen LogP contribution in [0.1, 0.15) is 99.7 Å². The summed E-state index contributed by atoms with van der Waals surface area (Å²) in [5.74, 6) is -1.67. The second-order valence-corrected chi connectivity index (χ2v) is 11.3. The molecule has 3 rings (SSSR count). The van der Waals surface area contributed by atoms with Crippen LogP contribution in [0.3, 0.4) is 0 Å². The van der Waals surface area contributed by atoms with Crippen molar-refractivity contribution in [2.45, 2.75) is 101 Å². The van der Waals surface area contributed by atoms with Crippen molar-refractivity contribution in [1.29, 1.82) is 0 Å². The first kappa shape index (κ1) is 29.0. The Morgan fingerprint density at radius 1 is 0.892 bits per heavy atom. The summed E-state index contributed by atoms with van der Waals surface area (Å²) in [5.41, 5.74) is 2.28. The molecule has 0 aliphatic rings. The van der Waals surface area contributed by atoms with Crippen molar-refractivity contribution in [3.63, 3.8) is 0 Å². The third kappa shape index (κ3) is 8.75. The molecule has 0 unspecified atom stereocenters. The average molecular weight is 525 g/mol. The van der Waals surface area contributed by atoms with Crippen molar-refractivity contribution in [3.8, 4) is 0 Å². The number of carbonyl (C=O) groups is 1. The number of thioether (sulfide) groups is 1. The first-order valence-corrected chi connectivity index (χ1v) is 14.5. The molecule has 5 nitrogen and oxygen atoms in total. The Morgan fingerprint density at radius 3 is 2.27 bits per heavy atom. The molecule has 3 aromatic rings. The maximum absolute atomic E-state index is 12.3. The van der Waals surface area contributed by atoms with Gasteiger partial charge in [0.1, 0.15) is 10.5 Å². The fraction of sp³-hybridized carbons (Fsp3) is 0.484. The molecule has 6 heteroatoms. The predicted molar refractivity (Wildman–Crippen MR) is 152 cm³/mol. The molecule has 2 aromatic carbocycles. The van der Waals surface area contributed by atoms with Gasteiger partial charge in [-0.1, -0.05) is 94.8 Å². The number of aliphatic hydroxyl groups is 1. The predicted octanol–water partition coefficient (Wildman–Crippen LogP) is 8.00. The van der Waals surface area contributed by atoms with E-state index < -0.39 is 16.3 Å². The number of rotatable bonds is 16. The first-order chi connectivity index (χ1) is 17.8. The summed E-state index contributed by atoms with van der Waals surface area (Å²) in [6.45, 7) is 4.35. The molecule has 1 heterocycles. The monoisotopic (exact) mass is 524 g/mol. The minimum absolute atomic E-state index is 0.215. The van der Waals surface area contributed by atoms with E-state index in [1.54, 1.807) is 18.2 Å². The van der Waals surface area contributed by atoms with Crippen LogP contribution in [0, 0.1) is 0 Å². The summed E-state index contributed by atoms with van der Waals surface area (Å²) in [4.78, 5) is 23.4. The van der Waals surface area contributed by atoms with Crippen molar-refractivity contribution in [3.05, 3.63) is 75.6 Å². The molecular weight excluding hydrogens is 484 g/mol. The number of aryl methyl sites for hydroxylation is 1. The van der Waals surface area contributed by atoms with Gasteiger partial charge in [0.15, 0.2) is 5.43 Å². The van der Waals surface area contributed by atoms with Crippen molar-refractivity contribution in [1.82, 2.24) is 0 Å². The Balaban J connectivity index is 1.76. The number of carboxylic acids is 1. The van der Waals surface area contributed by atoms with E-state index in [2.05, 4.69) is 32.0 Å². The molecule has 0 saturated carbocycles. The number of aromatic carboxylic acids is 1. The van der Waals surface area contributed by atoms with Crippen LogP contribution in [0.5, 0.6) is 0 Å². The Morgan fingerprint density at radius 2 is 1.57 bits per heavy atom. The van der Waals surface area contributed by atoms with Gasteiger partial charge in [-0.3, -0.25) is 4.79 Å². The zero-order valence-electron chi connectivity index (χ0n) is 22.1. The van der Waals surface area contributed by atoms with Crippen LogP contribution in [0.15, 0.2) is 62.6 Å². The van der Waals surface area contributed by atoms with Gasteiger partial charge in [0, 0.05) is 17.4 Å². The maximum Gasteiger partial charge on any atom is 0.371 e. The van der Waals surface area contributed by atoms with E-state index in [0.717, 1.165) is 36.6 Å². The second-order valence-electron chi connectivity index (χ2n) is 9.91. The number of fused-ring (bicyclic) bond motifs is 1. The third-order valence-corrected chi connectivity index (χ3v) is 7.99. The van der Waals surface area contributed by atoms with E-state index >= 15 is 0 Å². The van der Waals surface area contributed by atoms with Gasteiger partial charge in [0.25, 0.3) is 0 Å². The second kappa shape index (κ2) is 14.4. The fourth-order valence-corrected chi connectivity index (χ4v) is 5.91. The lowest BCUT2D eigenvalue weighted by atomic mass is 9.95. The molecule has 0 amide bonds. The van der Waals surface area contributed by atoms with Crippen LogP contribution < -0.4 is 5.43 Å². The molecule has 1 aromatic heterocycles. The Kier molecular flexibility index (Phi) is 11.3. The largest absolute Gasteiger partial charge is 0.475 e. The van der Waals surface area contributed by atoms with Gasteiger partial charge in [-0.2, -0.15) is 0 Å². The number of carboxylic acid groups (broad SMARTS) is 1. The van der Waals surface area contributed by atoms with Crippen LogP contribution in [-0.2, 0) is 12.8 Å². The lowest BCUT2D eigenvalue weighted by Gasteiger charge is -2.29. The van der Waals surface area contributed by atoms with Gasteiger partial charge in [0.05, 0.1) is 5.39 Å². The van der Waals surface area contributed by atoms with Crippen molar-refractivity contribution in [2.75, 3.05) is 0 Å². The van der Waals surface area contributed by atoms with Crippen molar-refractivity contribution in [2.24, 2.45) is 0 Å². The highest BCUT2D eigenvalue weighted by molar-refractivity contribution is 8.00. The normalized spacial score (nSPS) is 13.1. The minimum Gasteiger partial charge on any atom is -0.475 e. The van der Waals surface area contributed by atoms with Gasteiger partial charge in [-0.05, 0) is 55.0 Å². The third-order valence-electron chi connectivity index (χ3n) is 6.77. The summed E-state index contributed by atoms with van der Waals surface area (Å²) in [6, 6.07) is 14.5. The SMILES string of the molecule is CCCCCCCCCc1ccccc1C[C@@](O)(CCCC)Sc1ccc2c(=O)cc(C(=O)O)oc2c1. The number of unbranched alkanes of at least 4 members (excludes halogenated alkanes) is 7. The summed E-state index contributed by atoms with van der Waals surface area (Å²) in [5, 5.41) is 21.4. The highest BCUT2D eigenvalue weighted by Crippen LogP contribution is 2.39. The van der Waals surface area contributed by atoms with Crippen molar-refractivity contribution >= 4 is 28.7 Å². The average Bonchev–Trinajstić information content (AvgIpc) is 2.87. The van der Waals surface area contributed by atoms with Crippen LogP contribution >= 0.6 is 11.8 Å². The van der Waals surface area contributed by atoms with Crippen LogP contribution in [0.2, 0.25) is 0 Å². The van der Waals surface area contributed by atoms with Crippen molar-refractivity contribution < 1.29 is 19.4 Å². The molecule has 0 aliphatic carbocycles. The highest BCUT2D eigenvalue weighted by Gasteiger charge is 2.29. The summed E-state index contributed by atoms with van der Waals surface area (Å²) < 4.78 is 5.47. The minimum atomic E-state index is -1.28. The lowest BCUT2D eigenvalue weighted by molar-refractivity contribution is 0.0663. The summed E-state index contributed by atoms with van der Waals surface area (Å²) >= 11 is 1.36. The Labute approximate surface area is 224 Å². The zero-order chi connectivity index (χ0) is 26.7. The van der Waals surface area contributed by atoms with E-state index in [0.29, 0.717) is 18.2 Å². The fourth-order valence-electron chi connectivity index (χ4n) is 4.70. The van der Waals surface area contributed by atoms with E-state index in [1.165, 1.54) is 61.4 Å². The molecule has 0 aliphatic heterocycles. The van der Waals surface area contributed by atoms with E-state index in [-0.39, 0.29) is 11.3 Å². The Bertz CT molecular complexity index is 1220. The lowest BCUT2D eigenvalue weighted by Crippen LogP contribution is -2.27. The molecule has 0 bridgehead atoms. The van der Waals surface area contributed by atoms with Gasteiger partial charge in [-0.25, -0.2) is 4.79 Å². The number of hydrogen-bond donors (Lipinski definition) is 2.